The third-order valence-corrected chi connectivity index (χ3v) is 5.05. The maximum atomic E-state index is 12.9. The topological polar surface area (TPSA) is 53.1 Å². The molecule has 0 radical (unpaired) electrons. The van der Waals surface area contributed by atoms with Crippen LogP contribution in [-0.2, 0) is 4.79 Å². The normalized spacial score (nSPS) is 14.6. The molecule has 0 unspecified atom stereocenters. The smallest absolute Gasteiger partial charge is 0.253 e. The Labute approximate surface area is 166 Å². The van der Waals surface area contributed by atoms with E-state index in [-0.39, 0.29) is 11.8 Å². The second-order valence-corrected chi connectivity index (χ2v) is 7.17. The molecule has 1 saturated heterocycles. The highest BCUT2D eigenvalue weighted by molar-refractivity contribution is 5.95. The molecule has 28 heavy (non-hydrogen) atoms. The summed E-state index contributed by atoms with van der Waals surface area (Å²) in [6, 6.07) is 15.5. The standard InChI is InChI=1S/C22H27N3O3/c1-23(2)21(26)16-24-11-13-25(14-12-24)22(27)19-6-4-5-18(15-19)17-7-9-20(28-3)10-8-17/h4-10,15H,11-14,16H2,1-3H3. The first-order valence-electron chi connectivity index (χ1n) is 9.44. The zero-order valence-corrected chi connectivity index (χ0v) is 16.7. The van der Waals surface area contributed by atoms with E-state index in [1.165, 1.54) is 0 Å². The van der Waals surface area contributed by atoms with Gasteiger partial charge in [0.25, 0.3) is 5.91 Å². The number of amides is 2. The van der Waals surface area contributed by atoms with Crippen LogP contribution in [0.4, 0.5) is 0 Å². The molecule has 0 bridgehead atoms. The van der Waals surface area contributed by atoms with Crippen LogP contribution in [0.15, 0.2) is 48.5 Å². The fourth-order valence-electron chi connectivity index (χ4n) is 3.24. The summed E-state index contributed by atoms with van der Waals surface area (Å²) in [6.45, 7) is 3.09. The van der Waals surface area contributed by atoms with Crippen molar-refractivity contribution in [2.75, 3.05) is 53.9 Å². The van der Waals surface area contributed by atoms with Crippen LogP contribution in [0.1, 0.15) is 10.4 Å². The second-order valence-electron chi connectivity index (χ2n) is 7.17. The maximum Gasteiger partial charge on any atom is 0.253 e. The van der Waals surface area contributed by atoms with Crippen LogP contribution in [0, 0.1) is 0 Å². The van der Waals surface area contributed by atoms with Crippen molar-refractivity contribution in [3.8, 4) is 16.9 Å². The van der Waals surface area contributed by atoms with E-state index in [2.05, 4.69) is 4.90 Å². The van der Waals surface area contributed by atoms with Crippen LogP contribution >= 0.6 is 0 Å². The fourth-order valence-corrected chi connectivity index (χ4v) is 3.24. The molecular formula is C22H27N3O3. The van der Waals surface area contributed by atoms with Gasteiger partial charge in [-0.1, -0.05) is 24.3 Å². The molecule has 0 N–H and O–H groups in total. The summed E-state index contributed by atoms with van der Waals surface area (Å²) in [4.78, 5) is 30.4. The van der Waals surface area contributed by atoms with Crippen molar-refractivity contribution in [3.63, 3.8) is 0 Å². The Bertz CT molecular complexity index is 825. The summed E-state index contributed by atoms with van der Waals surface area (Å²) in [7, 11) is 5.17. The lowest BCUT2D eigenvalue weighted by atomic mass is 10.0. The van der Waals surface area contributed by atoms with E-state index < -0.39 is 0 Å². The van der Waals surface area contributed by atoms with Gasteiger partial charge in [0.15, 0.2) is 0 Å². The van der Waals surface area contributed by atoms with Crippen LogP contribution in [0.3, 0.4) is 0 Å². The number of hydrogen-bond acceptors (Lipinski definition) is 4. The Balaban J connectivity index is 1.64. The molecule has 1 aliphatic rings. The number of piperazine rings is 1. The summed E-state index contributed by atoms with van der Waals surface area (Å²) in [5, 5.41) is 0. The SMILES string of the molecule is COc1ccc(-c2cccc(C(=O)N3CCN(CC(=O)N(C)C)CC3)c2)cc1. The first kappa shape index (κ1) is 19.9. The molecule has 0 aromatic heterocycles. The zero-order valence-electron chi connectivity index (χ0n) is 16.7. The van der Waals surface area contributed by atoms with Gasteiger partial charge in [0.2, 0.25) is 5.91 Å². The van der Waals surface area contributed by atoms with Crippen LogP contribution in [0.2, 0.25) is 0 Å². The van der Waals surface area contributed by atoms with E-state index in [0.717, 1.165) is 16.9 Å². The molecule has 2 amide bonds. The van der Waals surface area contributed by atoms with Crippen molar-refractivity contribution < 1.29 is 14.3 Å². The predicted octanol–water partition coefficient (Wildman–Crippen LogP) is 2.21. The molecule has 1 aliphatic heterocycles. The highest BCUT2D eigenvalue weighted by Crippen LogP contribution is 2.24. The third-order valence-electron chi connectivity index (χ3n) is 5.05. The summed E-state index contributed by atoms with van der Waals surface area (Å²) in [5.74, 6) is 0.933. The van der Waals surface area contributed by atoms with E-state index in [0.29, 0.717) is 38.3 Å². The average molecular weight is 381 g/mol. The number of ether oxygens (including phenoxy) is 1. The van der Waals surface area contributed by atoms with E-state index in [1.54, 1.807) is 26.1 Å². The lowest BCUT2D eigenvalue weighted by Crippen LogP contribution is -2.51. The number of carbonyl (C=O) groups is 2. The third kappa shape index (κ3) is 4.70. The van der Waals surface area contributed by atoms with E-state index in [1.807, 2.05) is 53.4 Å². The van der Waals surface area contributed by atoms with Gasteiger partial charge < -0.3 is 14.5 Å². The number of nitrogens with zero attached hydrogens (tertiary/aromatic N) is 3. The van der Waals surface area contributed by atoms with Crippen LogP contribution in [0.5, 0.6) is 5.75 Å². The van der Waals surface area contributed by atoms with E-state index in [9.17, 15) is 9.59 Å². The Morgan fingerprint density at radius 2 is 1.64 bits per heavy atom. The number of rotatable bonds is 5. The quantitative estimate of drug-likeness (QED) is 0.797. The molecule has 1 heterocycles. The minimum absolute atomic E-state index is 0.0361. The second kappa shape index (κ2) is 8.89. The molecule has 6 nitrogen and oxygen atoms in total. The minimum atomic E-state index is 0.0361. The Morgan fingerprint density at radius 3 is 2.25 bits per heavy atom. The molecule has 0 atom stereocenters. The van der Waals surface area contributed by atoms with Gasteiger partial charge in [-0.25, -0.2) is 0 Å². The molecule has 0 spiro atoms. The Kier molecular flexibility index (Phi) is 6.31. The summed E-state index contributed by atoms with van der Waals surface area (Å²) < 4.78 is 5.20. The number of carbonyl (C=O) groups excluding carboxylic acids is 2. The van der Waals surface area contributed by atoms with Gasteiger partial charge in [-0.2, -0.15) is 0 Å². The average Bonchev–Trinajstić information content (AvgIpc) is 2.74. The van der Waals surface area contributed by atoms with Crippen molar-refractivity contribution in [1.82, 2.24) is 14.7 Å². The number of hydrogen-bond donors (Lipinski definition) is 0. The molecule has 6 heteroatoms. The molecule has 148 valence electrons. The lowest BCUT2D eigenvalue weighted by Gasteiger charge is -2.34. The minimum Gasteiger partial charge on any atom is -0.497 e. The van der Waals surface area contributed by atoms with Crippen molar-refractivity contribution in [2.45, 2.75) is 0 Å². The van der Waals surface area contributed by atoms with Crippen molar-refractivity contribution in [3.05, 3.63) is 54.1 Å². The maximum absolute atomic E-state index is 12.9. The molecule has 2 aromatic rings. The van der Waals surface area contributed by atoms with Gasteiger partial charge in [0, 0.05) is 45.8 Å². The highest BCUT2D eigenvalue weighted by Gasteiger charge is 2.23. The summed E-state index contributed by atoms with van der Waals surface area (Å²) >= 11 is 0. The van der Waals surface area contributed by atoms with Gasteiger partial charge in [-0.15, -0.1) is 0 Å². The van der Waals surface area contributed by atoms with Gasteiger partial charge >= 0.3 is 0 Å². The van der Waals surface area contributed by atoms with Crippen molar-refractivity contribution in [1.29, 1.82) is 0 Å². The van der Waals surface area contributed by atoms with Crippen LogP contribution in [-0.4, -0.2) is 80.4 Å². The number of methoxy groups -OCH3 is 1. The molecule has 0 saturated carbocycles. The highest BCUT2D eigenvalue weighted by atomic mass is 16.5. The monoisotopic (exact) mass is 381 g/mol. The van der Waals surface area contributed by atoms with Crippen molar-refractivity contribution >= 4 is 11.8 Å². The van der Waals surface area contributed by atoms with Gasteiger partial charge in [0.05, 0.1) is 13.7 Å². The van der Waals surface area contributed by atoms with E-state index >= 15 is 0 Å². The summed E-state index contributed by atoms with van der Waals surface area (Å²) in [6.07, 6.45) is 0. The van der Waals surface area contributed by atoms with Crippen molar-refractivity contribution in [2.24, 2.45) is 0 Å². The van der Waals surface area contributed by atoms with Gasteiger partial charge in [-0.05, 0) is 35.4 Å². The van der Waals surface area contributed by atoms with Gasteiger partial charge in [0.1, 0.15) is 5.75 Å². The fraction of sp³-hybridized carbons (Fsp3) is 0.364. The first-order valence-corrected chi connectivity index (χ1v) is 9.44. The van der Waals surface area contributed by atoms with E-state index in [4.69, 9.17) is 4.74 Å². The molecule has 3 rings (SSSR count). The number of benzene rings is 2. The summed E-state index contributed by atoms with van der Waals surface area (Å²) in [5.41, 5.74) is 2.73. The Hall–Kier alpha value is -2.86. The lowest BCUT2D eigenvalue weighted by molar-refractivity contribution is -0.130. The Morgan fingerprint density at radius 1 is 0.964 bits per heavy atom. The number of likely N-dealkylation sites (N-methyl/N-ethyl adjacent to an activating group) is 1. The first-order chi connectivity index (χ1) is 13.5. The largest absolute Gasteiger partial charge is 0.497 e. The molecular weight excluding hydrogens is 354 g/mol. The molecule has 0 aliphatic carbocycles. The van der Waals surface area contributed by atoms with Crippen LogP contribution < -0.4 is 4.74 Å². The van der Waals surface area contributed by atoms with Crippen LogP contribution in [0.25, 0.3) is 11.1 Å². The zero-order chi connectivity index (χ0) is 20.1. The molecule has 2 aromatic carbocycles. The predicted molar refractivity (Wildman–Crippen MR) is 109 cm³/mol. The van der Waals surface area contributed by atoms with Gasteiger partial charge in [-0.3, -0.25) is 14.5 Å². The molecule has 1 fully saturated rings.